The predicted octanol–water partition coefficient (Wildman–Crippen LogP) is 2.75. The summed E-state index contributed by atoms with van der Waals surface area (Å²) in [5.74, 6) is 0.502. The number of rotatable bonds is 9. The van der Waals surface area contributed by atoms with Crippen molar-refractivity contribution in [1.29, 1.82) is 0 Å². The first-order valence-electron chi connectivity index (χ1n) is 5.97. The van der Waals surface area contributed by atoms with Crippen LogP contribution in [0.4, 0.5) is 0 Å². The third-order valence-corrected chi connectivity index (χ3v) is 4.68. The Morgan fingerprint density at radius 1 is 1.25 bits per heavy atom. The van der Waals surface area contributed by atoms with Crippen molar-refractivity contribution in [3.8, 4) is 0 Å². The third-order valence-electron chi connectivity index (χ3n) is 2.39. The molecule has 3 nitrogen and oxygen atoms in total. The van der Waals surface area contributed by atoms with Gasteiger partial charge in [-0.15, -0.1) is 11.6 Å². The van der Waals surface area contributed by atoms with Gasteiger partial charge in [0.2, 0.25) is 10.0 Å². The van der Waals surface area contributed by atoms with Crippen molar-refractivity contribution < 1.29 is 8.42 Å². The Labute approximate surface area is 105 Å². The number of hydrogen-bond acceptors (Lipinski definition) is 2. The second-order valence-corrected chi connectivity index (χ2v) is 6.66. The first-order valence-corrected chi connectivity index (χ1v) is 8.16. The molecular formula is C11H24ClNO2S. The summed E-state index contributed by atoms with van der Waals surface area (Å²) in [4.78, 5) is 0. The molecule has 0 aliphatic rings. The van der Waals surface area contributed by atoms with Crippen LogP contribution in [0.2, 0.25) is 0 Å². The normalized spacial score (nSPS) is 16.0. The van der Waals surface area contributed by atoms with Crippen LogP contribution in [0, 0.1) is 5.92 Å². The van der Waals surface area contributed by atoms with Crippen LogP contribution in [0.3, 0.4) is 0 Å². The summed E-state index contributed by atoms with van der Waals surface area (Å²) in [7, 11) is -3.16. The van der Waals surface area contributed by atoms with E-state index in [0.29, 0.717) is 5.88 Å². The van der Waals surface area contributed by atoms with E-state index in [9.17, 15) is 8.42 Å². The molecule has 2 unspecified atom stereocenters. The lowest BCUT2D eigenvalue weighted by Gasteiger charge is -2.15. The van der Waals surface area contributed by atoms with Gasteiger partial charge >= 0.3 is 0 Å². The Balaban J connectivity index is 3.95. The molecule has 98 valence electrons. The number of sulfonamides is 1. The summed E-state index contributed by atoms with van der Waals surface area (Å²) in [5, 5.41) is 0. The van der Waals surface area contributed by atoms with Gasteiger partial charge in [0.05, 0.1) is 5.75 Å². The maximum absolute atomic E-state index is 11.7. The van der Waals surface area contributed by atoms with Gasteiger partial charge in [-0.3, -0.25) is 0 Å². The van der Waals surface area contributed by atoms with Gasteiger partial charge in [0.1, 0.15) is 0 Å². The SMILES string of the molecule is CCCCCC(C)NS(=O)(=O)CC(C)CCl. The van der Waals surface area contributed by atoms with E-state index >= 15 is 0 Å². The highest BCUT2D eigenvalue weighted by molar-refractivity contribution is 7.89. The minimum Gasteiger partial charge on any atom is -0.212 e. The first kappa shape index (κ1) is 16.2. The highest BCUT2D eigenvalue weighted by atomic mass is 35.5. The number of nitrogens with one attached hydrogen (secondary N) is 1. The van der Waals surface area contributed by atoms with Crippen molar-refractivity contribution in [3.05, 3.63) is 0 Å². The Kier molecular flexibility index (Phi) is 8.42. The topological polar surface area (TPSA) is 46.2 Å². The van der Waals surface area contributed by atoms with Crippen molar-refractivity contribution in [2.24, 2.45) is 5.92 Å². The maximum atomic E-state index is 11.7. The molecule has 5 heteroatoms. The van der Waals surface area contributed by atoms with E-state index in [0.717, 1.165) is 25.7 Å². The predicted molar refractivity (Wildman–Crippen MR) is 70.4 cm³/mol. The van der Waals surface area contributed by atoms with Gasteiger partial charge in [0.25, 0.3) is 0 Å². The van der Waals surface area contributed by atoms with Gasteiger partial charge in [-0.1, -0.05) is 33.1 Å². The molecule has 0 spiro atoms. The van der Waals surface area contributed by atoms with E-state index in [4.69, 9.17) is 11.6 Å². The summed E-state index contributed by atoms with van der Waals surface area (Å²) >= 11 is 5.60. The van der Waals surface area contributed by atoms with E-state index in [1.54, 1.807) is 0 Å². The van der Waals surface area contributed by atoms with Crippen LogP contribution in [0.1, 0.15) is 46.5 Å². The zero-order valence-corrected chi connectivity index (χ0v) is 12.1. The molecule has 0 aromatic carbocycles. The van der Waals surface area contributed by atoms with Crippen LogP contribution in [0.15, 0.2) is 0 Å². The standard InChI is InChI=1S/C11H24ClNO2S/c1-4-5-6-7-11(3)13-16(14,15)9-10(2)8-12/h10-11,13H,4-9H2,1-3H3. The zero-order valence-electron chi connectivity index (χ0n) is 10.5. The molecule has 0 aromatic rings. The van der Waals surface area contributed by atoms with Crippen molar-refractivity contribution in [1.82, 2.24) is 4.72 Å². The summed E-state index contributed by atoms with van der Waals surface area (Å²) < 4.78 is 26.0. The number of alkyl halides is 1. The van der Waals surface area contributed by atoms with Gasteiger partial charge in [-0.2, -0.15) is 0 Å². The molecule has 0 aliphatic carbocycles. The van der Waals surface area contributed by atoms with Gasteiger partial charge in [0, 0.05) is 11.9 Å². The van der Waals surface area contributed by atoms with E-state index in [-0.39, 0.29) is 17.7 Å². The highest BCUT2D eigenvalue weighted by Crippen LogP contribution is 2.06. The maximum Gasteiger partial charge on any atom is 0.212 e. The second kappa shape index (κ2) is 8.31. The molecule has 0 fully saturated rings. The lowest BCUT2D eigenvalue weighted by molar-refractivity contribution is 0.521. The molecule has 0 aliphatic heterocycles. The third kappa shape index (κ3) is 8.36. The smallest absolute Gasteiger partial charge is 0.212 e. The van der Waals surface area contributed by atoms with Gasteiger partial charge in [-0.05, 0) is 19.3 Å². The molecule has 0 saturated heterocycles. The summed E-state index contributed by atoms with van der Waals surface area (Å²) in [6.07, 6.45) is 4.29. The molecule has 0 amide bonds. The molecule has 2 atom stereocenters. The molecule has 1 N–H and O–H groups in total. The van der Waals surface area contributed by atoms with E-state index in [2.05, 4.69) is 11.6 Å². The van der Waals surface area contributed by atoms with Crippen LogP contribution in [-0.4, -0.2) is 26.1 Å². The van der Waals surface area contributed by atoms with Crippen LogP contribution in [0.5, 0.6) is 0 Å². The summed E-state index contributed by atoms with van der Waals surface area (Å²) in [5.41, 5.74) is 0. The lowest BCUT2D eigenvalue weighted by atomic mass is 10.1. The number of unbranched alkanes of at least 4 members (excludes halogenated alkanes) is 2. The largest absolute Gasteiger partial charge is 0.212 e. The number of hydrogen-bond donors (Lipinski definition) is 1. The van der Waals surface area contributed by atoms with E-state index < -0.39 is 10.0 Å². The molecule has 0 bridgehead atoms. The second-order valence-electron chi connectivity index (χ2n) is 4.56. The minimum absolute atomic E-state index is 0.00186. The molecule has 0 aromatic heterocycles. The van der Waals surface area contributed by atoms with Crippen LogP contribution >= 0.6 is 11.6 Å². The fourth-order valence-corrected chi connectivity index (χ4v) is 3.47. The van der Waals surface area contributed by atoms with Crippen molar-refractivity contribution in [2.45, 2.75) is 52.5 Å². The molecule has 0 saturated carbocycles. The van der Waals surface area contributed by atoms with Crippen LogP contribution in [-0.2, 0) is 10.0 Å². The average Bonchev–Trinajstić information content (AvgIpc) is 2.16. The zero-order chi connectivity index (χ0) is 12.6. The first-order chi connectivity index (χ1) is 7.41. The van der Waals surface area contributed by atoms with Crippen LogP contribution < -0.4 is 4.72 Å². The van der Waals surface area contributed by atoms with Gasteiger partial charge in [0.15, 0.2) is 0 Å². The van der Waals surface area contributed by atoms with Gasteiger partial charge in [-0.25, -0.2) is 13.1 Å². The highest BCUT2D eigenvalue weighted by Gasteiger charge is 2.17. The Bertz CT molecular complexity index is 267. The van der Waals surface area contributed by atoms with E-state index in [1.165, 1.54) is 0 Å². The lowest BCUT2D eigenvalue weighted by Crippen LogP contribution is -2.36. The fourth-order valence-electron chi connectivity index (χ4n) is 1.53. The Morgan fingerprint density at radius 2 is 1.88 bits per heavy atom. The average molecular weight is 270 g/mol. The number of halogens is 1. The molecule has 0 rings (SSSR count). The van der Waals surface area contributed by atoms with Crippen molar-refractivity contribution >= 4 is 21.6 Å². The minimum atomic E-state index is -3.16. The van der Waals surface area contributed by atoms with E-state index in [1.807, 2.05) is 13.8 Å². The van der Waals surface area contributed by atoms with Crippen LogP contribution in [0.25, 0.3) is 0 Å². The summed E-state index contributed by atoms with van der Waals surface area (Å²) in [6, 6.07) is 0.0269. The van der Waals surface area contributed by atoms with Crippen molar-refractivity contribution in [3.63, 3.8) is 0 Å². The quantitative estimate of drug-likeness (QED) is 0.517. The molecular weight excluding hydrogens is 246 g/mol. The Morgan fingerprint density at radius 3 is 2.38 bits per heavy atom. The molecule has 0 heterocycles. The monoisotopic (exact) mass is 269 g/mol. The van der Waals surface area contributed by atoms with Crippen molar-refractivity contribution in [2.75, 3.05) is 11.6 Å². The Hall–Kier alpha value is 0.200. The fraction of sp³-hybridized carbons (Fsp3) is 1.00. The summed E-state index contributed by atoms with van der Waals surface area (Å²) in [6.45, 7) is 5.89. The molecule has 16 heavy (non-hydrogen) atoms. The van der Waals surface area contributed by atoms with Gasteiger partial charge < -0.3 is 0 Å². The molecule has 0 radical (unpaired) electrons.